The molecule has 0 radical (unpaired) electrons. The first kappa shape index (κ1) is 13.0. The smallest absolute Gasteiger partial charge is 0.265 e. The van der Waals surface area contributed by atoms with Crippen molar-refractivity contribution in [1.82, 2.24) is 14.9 Å². The van der Waals surface area contributed by atoms with Crippen molar-refractivity contribution in [3.63, 3.8) is 0 Å². The molecule has 0 atom stereocenters. The lowest BCUT2D eigenvalue weighted by molar-refractivity contribution is 0.0954. The summed E-state index contributed by atoms with van der Waals surface area (Å²) in [5, 5.41) is 7.44. The average Bonchev–Trinajstić information content (AvgIpc) is 2.86. The Labute approximate surface area is 114 Å². The molecule has 94 valence electrons. The number of nitrogens with one attached hydrogen (secondary N) is 1. The molecule has 1 N–H and O–H groups in total. The van der Waals surface area contributed by atoms with Crippen molar-refractivity contribution in [3.05, 3.63) is 45.4 Å². The molecular weight excluding hydrogens is 270 g/mol. The molecule has 0 saturated heterocycles. The molecule has 1 aromatic heterocycles. The molecule has 1 amide bonds. The van der Waals surface area contributed by atoms with Crippen LogP contribution in [0.4, 0.5) is 0 Å². The molecule has 1 heterocycles. The molecule has 0 aliphatic rings. The highest BCUT2D eigenvalue weighted by Crippen LogP contribution is 2.12. The number of carbonyl (C=O) groups excluding carboxylic acids is 1. The van der Waals surface area contributed by atoms with Crippen molar-refractivity contribution in [1.29, 1.82) is 0 Å². The first-order valence-corrected chi connectivity index (χ1v) is 6.69. The highest BCUT2D eigenvalue weighted by atomic mass is 35.5. The van der Waals surface area contributed by atoms with Gasteiger partial charge in [-0.15, -0.1) is 5.10 Å². The molecule has 1 aromatic carbocycles. The van der Waals surface area contributed by atoms with E-state index >= 15 is 0 Å². The summed E-state index contributed by atoms with van der Waals surface area (Å²) in [5.41, 5.74) is 1.75. The van der Waals surface area contributed by atoms with Gasteiger partial charge in [-0.3, -0.25) is 4.79 Å². The maximum atomic E-state index is 11.9. The molecule has 0 unspecified atom stereocenters. The van der Waals surface area contributed by atoms with E-state index in [1.54, 1.807) is 12.1 Å². The van der Waals surface area contributed by atoms with E-state index in [-0.39, 0.29) is 5.91 Å². The predicted octanol–water partition coefficient (Wildman–Crippen LogP) is 2.68. The van der Waals surface area contributed by atoms with E-state index in [2.05, 4.69) is 14.9 Å². The molecule has 4 nitrogen and oxygen atoms in total. The third-order valence-corrected chi connectivity index (χ3v) is 3.48. The first-order valence-electron chi connectivity index (χ1n) is 5.54. The SMILES string of the molecule is CCc1nnsc1C(=O)NCc1ccc(Cl)cc1. The van der Waals surface area contributed by atoms with Gasteiger partial charge in [-0.05, 0) is 35.6 Å². The number of aryl methyl sites for hydroxylation is 1. The van der Waals surface area contributed by atoms with Crippen LogP contribution in [-0.2, 0) is 13.0 Å². The van der Waals surface area contributed by atoms with Crippen molar-refractivity contribution in [2.24, 2.45) is 0 Å². The van der Waals surface area contributed by atoms with Gasteiger partial charge in [0.1, 0.15) is 4.88 Å². The van der Waals surface area contributed by atoms with Crippen molar-refractivity contribution in [2.45, 2.75) is 19.9 Å². The quantitative estimate of drug-likeness (QED) is 0.937. The highest BCUT2D eigenvalue weighted by molar-refractivity contribution is 7.08. The van der Waals surface area contributed by atoms with Gasteiger partial charge in [0, 0.05) is 11.6 Å². The maximum Gasteiger partial charge on any atom is 0.265 e. The number of amides is 1. The van der Waals surface area contributed by atoms with E-state index < -0.39 is 0 Å². The van der Waals surface area contributed by atoms with E-state index in [0.29, 0.717) is 22.9 Å². The van der Waals surface area contributed by atoms with Crippen LogP contribution in [0, 0.1) is 0 Å². The lowest BCUT2D eigenvalue weighted by Crippen LogP contribution is -2.22. The van der Waals surface area contributed by atoms with E-state index in [4.69, 9.17) is 11.6 Å². The Morgan fingerprint density at radius 2 is 2.11 bits per heavy atom. The van der Waals surface area contributed by atoms with Crippen molar-refractivity contribution < 1.29 is 4.79 Å². The molecule has 0 fully saturated rings. The second-order valence-corrected chi connectivity index (χ2v) is 4.90. The van der Waals surface area contributed by atoms with Gasteiger partial charge in [0.2, 0.25) is 0 Å². The molecule has 2 rings (SSSR count). The molecule has 0 spiro atoms. The minimum atomic E-state index is -0.128. The molecule has 2 aromatic rings. The van der Waals surface area contributed by atoms with Crippen LogP contribution in [0.5, 0.6) is 0 Å². The van der Waals surface area contributed by atoms with Gasteiger partial charge in [0.05, 0.1) is 5.69 Å². The number of aromatic nitrogens is 2. The lowest BCUT2D eigenvalue weighted by atomic mass is 10.2. The number of carbonyl (C=O) groups is 1. The Hall–Kier alpha value is -1.46. The van der Waals surface area contributed by atoms with Gasteiger partial charge in [0.15, 0.2) is 0 Å². The van der Waals surface area contributed by atoms with Crippen LogP contribution in [0.25, 0.3) is 0 Å². The standard InChI is InChI=1S/C12H12ClN3OS/c1-2-10-11(18-16-15-10)12(17)14-7-8-3-5-9(13)6-4-8/h3-6H,2,7H2,1H3,(H,14,17). The van der Waals surface area contributed by atoms with Gasteiger partial charge in [-0.1, -0.05) is 35.1 Å². The Bertz CT molecular complexity index is 539. The molecule has 0 saturated carbocycles. The zero-order chi connectivity index (χ0) is 13.0. The second kappa shape index (κ2) is 5.93. The number of benzene rings is 1. The zero-order valence-electron chi connectivity index (χ0n) is 9.81. The van der Waals surface area contributed by atoms with Crippen molar-refractivity contribution in [2.75, 3.05) is 0 Å². The van der Waals surface area contributed by atoms with E-state index in [1.165, 1.54) is 0 Å². The summed E-state index contributed by atoms with van der Waals surface area (Å²) in [5.74, 6) is -0.128. The minimum absolute atomic E-state index is 0.128. The molecule has 0 aliphatic carbocycles. The minimum Gasteiger partial charge on any atom is -0.347 e. The summed E-state index contributed by atoms with van der Waals surface area (Å²) in [7, 11) is 0. The maximum absolute atomic E-state index is 11.9. The number of halogens is 1. The topological polar surface area (TPSA) is 54.9 Å². The van der Waals surface area contributed by atoms with Gasteiger partial charge in [-0.2, -0.15) is 0 Å². The highest BCUT2D eigenvalue weighted by Gasteiger charge is 2.14. The summed E-state index contributed by atoms with van der Waals surface area (Å²) in [4.78, 5) is 12.5. The van der Waals surface area contributed by atoms with Gasteiger partial charge in [0.25, 0.3) is 5.91 Å². The Kier molecular flexibility index (Phi) is 4.28. The summed E-state index contributed by atoms with van der Waals surface area (Å²) < 4.78 is 3.79. The molecule has 0 aliphatic heterocycles. The van der Waals surface area contributed by atoms with Gasteiger partial charge < -0.3 is 5.32 Å². The van der Waals surface area contributed by atoms with E-state index in [1.807, 2.05) is 19.1 Å². The first-order chi connectivity index (χ1) is 8.70. The summed E-state index contributed by atoms with van der Waals surface area (Å²) in [6.45, 7) is 2.42. The van der Waals surface area contributed by atoms with Crippen LogP contribution in [0.2, 0.25) is 5.02 Å². The lowest BCUT2D eigenvalue weighted by Gasteiger charge is -2.04. The molecule has 0 bridgehead atoms. The number of nitrogens with zero attached hydrogens (tertiary/aromatic N) is 2. The number of rotatable bonds is 4. The fraction of sp³-hybridized carbons (Fsp3) is 0.250. The van der Waals surface area contributed by atoms with E-state index in [9.17, 15) is 4.79 Å². The summed E-state index contributed by atoms with van der Waals surface area (Å²) >= 11 is 6.92. The Morgan fingerprint density at radius 3 is 2.78 bits per heavy atom. The van der Waals surface area contributed by atoms with Crippen LogP contribution in [0.3, 0.4) is 0 Å². The van der Waals surface area contributed by atoms with Crippen LogP contribution in [-0.4, -0.2) is 15.5 Å². The Morgan fingerprint density at radius 1 is 1.39 bits per heavy atom. The van der Waals surface area contributed by atoms with E-state index in [0.717, 1.165) is 22.8 Å². The Balaban J connectivity index is 1.98. The summed E-state index contributed by atoms with van der Waals surface area (Å²) in [6.07, 6.45) is 0.709. The van der Waals surface area contributed by atoms with Crippen LogP contribution in [0.1, 0.15) is 27.9 Å². The van der Waals surface area contributed by atoms with Crippen LogP contribution < -0.4 is 5.32 Å². The molecule has 6 heteroatoms. The largest absolute Gasteiger partial charge is 0.347 e. The van der Waals surface area contributed by atoms with Gasteiger partial charge >= 0.3 is 0 Å². The number of hydrogen-bond acceptors (Lipinski definition) is 4. The third-order valence-electron chi connectivity index (χ3n) is 2.46. The summed E-state index contributed by atoms with van der Waals surface area (Å²) in [6, 6.07) is 7.37. The molecular formula is C12H12ClN3OS. The van der Waals surface area contributed by atoms with Crippen molar-refractivity contribution >= 4 is 29.0 Å². The fourth-order valence-electron chi connectivity index (χ4n) is 1.48. The number of hydrogen-bond donors (Lipinski definition) is 1. The predicted molar refractivity (Wildman–Crippen MR) is 71.9 cm³/mol. The monoisotopic (exact) mass is 281 g/mol. The van der Waals surface area contributed by atoms with Crippen molar-refractivity contribution in [3.8, 4) is 0 Å². The fourth-order valence-corrected chi connectivity index (χ4v) is 2.27. The second-order valence-electron chi connectivity index (χ2n) is 3.71. The van der Waals surface area contributed by atoms with Crippen LogP contribution in [0.15, 0.2) is 24.3 Å². The van der Waals surface area contributed by atoms with Gasteiger partial charge in [-0.25, -0.2) is 0 Å². The third kappa shape index (κ3) is 3.05. The normalized spacial score (nSPS) is 10.3. The van der Waals surface area contributed by atoms with Crippen LogP contribution >= 0.6 is 23.1 Å². The molecule has 18 heavy (non-hydrogen) atoms. The average molecular weight is 282 g/mol. The zero-order valence-corrected chi connectivity index (χ0v) is 11.4.